The van der Waals surface area contributed by atoms with Crippen LogP contribution in [0, 0.1) is 30.7 Å². The first-order valence-corrected chi connectivity index (χ1v) is 5.10. The number of nitrogens with zero attached hydrogens (tertiary/aromatic N) is 2. The second-order valence-corrected chi connectivity index (χ2v) is 2.58. The van der Waals surface area contributed by atoms with E-state index in [1.54, 1.807) is 25.1 Å². The van der Waals surface area contributed by atoms with Crippen molar-refractivity contribution in [1.82, 2.24) is 0 Å². The van der Waals surface area contributed by atoms with Gasteiger partial charge in [0.1, 0.15) is 0 Å². The van der Waals surface area contributed by atoms with E-state index in [0.717, 1.165) is 0 Å². The van der Waals surface area contributed by atoms with Gasteiger partial charge < -0.3 is 11.6 Å². The molecule has 0 aliphatic carbocycles. The van der Waals surface area contributed by atoms with Crippen LogP contribution in [0.2, 0.25) is 0 Å². The molecule has 0 aromatic heterocycles. The molecule has 0 N–H and O–H groups in total. The van der Waals surface area contributed by atoms with Gasteiger partial charge in [-0.05, 0) is 12.5 Å². The number of aryl methyl sites for hydroxylation is 1. The second kappa shape index (κ2) is 14.1. The fraction of sp³-hybridized carbons (Fsp3) is 0.231. The van der Waals surface area contributed by atoms with Crippen molar-refractivity contribution in [2.24, 2.45) is 4.99 Å². The van der Waals surface area contributed by atoms with Gasteiger partial charge in [0.15, 0.2) is 0 Å². The van der Waals surface area contributed by atoms with E-state index in [1.807, 2.05) is 13.8 Å². The normalized spacial score (nSPS) is 8.17. The van der Waals surface area contributed by atoms with Gasteiger partial charge in [0.2, 0.25) is 0 Å². The Kier molecular flexibility index (Phi) is 17.4. The molecule has 5 heteroatoms. The van der Waals surface area contributed by atoms with Gasteiger partial charge >= 0.3 is 0 Å². The van der Waals surface area contributed by atoms with Crippen molar-refractivity contribution in [2.45, 2.75) is 20.8 Å². The Hall–Kier alpha value is -0.996. The van der Waals surface area contributed by atoms with Crippen LogP contribution in [0.4, 0.5) is 5.69 Å². The monoisotopic (exact) mass is 323 g/mol. The van der Waals surface area contributed by atoms with Gasteiger partial charge in [0, 0.05) is 38.3 Å². The van der Waals surface area contributed by atoms with Gasteiger partial charge in [-0.3, -0.25) is 16.7 Å². The van der Waals surface area contributed by atoms with E-state index in [-0.39, 0.29) is 38.4 Å². The molecule has 0 amide bonds. The van der Waals surface area contributed by atoms with Crippen LogP contribution in [0.25, 0.3) is 0 Å². The number of nitro benzene ring substituents is 1. The molecule has 1 rings (SSSR count). The van der Waals surface area contributed by atoms with Crippen molar-refractivity contribution >= 4 is 11.9 Å². The smallest absolute Gasteiger partial charge is 0.263 e. The average Bonchev–Trinajstić information content (AvgIpc) is 2.34. The van der Waals surface area contributed by atoms with Gasteiger partial charge in [0.05, 0.1) is 4.92 Å². The number of hydrogen-bond acceptors (Lipinski definition) is 3. The van der Waals surface area contributed by atoms with Crippen molar-refractivity contribution in [3.63, 3.8) is 0 Å². The van der Waals surface area contributed by atoms with E-state index in [4.69, 9.17) is 0 Å². The van der Waals surface area contributed by atoms with Crippen LogP contribution in [-0.2, 0) is 32.7 Å². The van der Waals surface area contributed by atoms with E-state index in [1.165, 1.54) is 6.21 Å². The number of benzene rings is 1. The molecule has 1 aromatic rings. The van der Waals surface area contributed by atoms with Gasteiger partial charge in [-0.1, -0.05) is 32.0 Å². The van der Waals surface area contributed by atoms with Crippen LogP contribution >= 0.6 is 0 Å². The summed E-state index contributed by atoms with van der Waals surface area (Å²) in [5, 5.41) is 10.6. The van der Waals surface area contributed by atoms with Gasteiger partial charge in [-0.15, -0.1) is 6.21 Å². The Morgan fingerprint density at radius 1 is 1.44 bits per heavy atom. The molecule has 0 spiro atoms. The summed E-state index contributed by atoms with van der Waals surface area (Å²) in [5.74, 6) is 0. The first-order valence-electron chi connectivity index (χ1n) is 5.10. The molecule has 4 nitrogen and oxygen atoms in total. The van der Waals surface area contributed by atoms with E-state index in [2.05, 4.69) is 25.2 Å². The van der Waals surface area contributed by atoms with Crippen LogP contribution < -0.4 is 0 Å². The summed E-state index contributed by atoms with van der Waals surface area (Å²) in [6, 6.07) is 5.08. The van der Waals surface area contributed by atoms with Crippen molar-refractivity contribution in [1.29, 1.82) is 0 Å². The third kappa shape index (κ3) is 7.35. The molecule has 0 saturated carbocycles. The Morgan fingerprint density at radius 3 is 2.33 bits per heavy atom. The molecule has 0 saturated heterocycles. The Morgan fingerprint density at radius 2 is 1.94 bits per heavy atom. The predicted molar refractivity (Wildman–Crippen MR) is 72.1 cm³/mol. The molecule has 0 aliphatic heterocycles. The van der Waals surface area contributed by atoms with Gasteiger partial charge in [0.25, 0.3) is 5.69 Å². The minimum Gasteiger partial charge on any atom is -0.521 e. The molecule has 18 heavy (non-hydrogen) atoms. The van der Waals surface area contributed by atoms with Crippen molar-refractivity contribution < 1.29 is 37.6 Å². The van der Waals surface area contributed by atoms with Crippen molar-refractivity contribution in [3.05, 3.63) is 59.6 Å². The Labute approximate surface area is 134 Å². The SMILES string of the molecule is CC.[CH-]=C.[CH2-]N=Cc1cccc(C)c1[N+](=O)[O-].[Y]. The van der Waals surface area contributed by atoms with E-state index < -0.39 is 4.92 Å². The van der Waals surface area contributed by atoms with Crippen LogP contribution in [-0.4, -0.2) is 11.1 Å². The number of rotatable bonds is 2. The van der Waals surface area contributed by atoms with E-state index >= 15 is 0 Å². The van der Waals surface area contributed by atoms with Crippen molar-refractivity contribution in [3.8, 4) is 0 Å². The van der Waals surface area contributed by atoms with Crippen LogP contribution in [0.15, 0.2) is 29.8 Å². The zero-order chi connectivity index (χ0) is 13.8. The molecule has 0 aliphatic rings. The maximum absolute atomic E-state index is 10.6. The zero-order valence-electron chi connectivity index (χ0n) is 11.1. The number of para-hydroxylation sites is 1. The van der Waals surface area contributed by atoms with Crippen molar-refractivity contribution in [2.75, 3.05) is 0 Å². The average molecular weight is 323 g/mol. The molecule has 0 fully saturated rings. The number of nitro groups is 1. The molecule has 0 unspecified atom stereocenters. The third-order valence-corrected chi connectivity index (χ3v) is 1.68. The molecule has 0 bridgehead atoms. The maximum atomic E-state index is 10.6. The second-order valence-electron chi connectivity index (χ2n) is 2.58. The summed E-state index contributed by atoms with van der Waals surface area (Å²) in [6.45, 7) is 12.7. The maximum Gasteiger partial charge on any atom is 0.263 e. The summed E-state index contributed by atoms with van der Waals surface area (Å²) in [4.78, 5) is 13.7. The molecule has 1 radical (unpaired) electrons. The molecule has 0 atom stereocenters. The fourth-order valence-electron chi connectivity index (χ4n) is 1.13. The molecular formula is C13H18N2O2Y-2. The first kappa shape index (κ1) is 22.2. The summed E-state index contributed by atoms with van der Waals surface area (Å²) >= 11 is 0. The minimum atomic E-state index is -0.410. The number of hydrogen-bond donors (Lipinski definition) is 0. The molecule has 97 valence electrons. The van der Waals surface area contributed by atoms with Crippen LogP contribution in [0.1, 0.15) is 25.0 Å². The molecule has 0 heterocycles. The Balaban J connectivity index is -0.000000409. The van der Waals surface area contributed by atoms with Gasteiger partial charge in [-0.2, -0.15) is 7.05 Å². The quantitative estimate of drug-likeness (QED) is 0.360. The molecular weight excluding hydrogens is 305 g/mol. The summed E-state index contributed by atoms with van der Waals surface area (Å²) in [6.07, 6.45) is 1.38. The summed E-state index contributed by atoms with van der Waals surface area (Å²) < 4.78 is 0. The number of aliphatic imine (C=N–C) groups is 1. The first-order chi connectivity index (χ1) is 8.16. The fourth-order valence-corrected chi connectivity index (χ4v) is 1.13. The third-order valence-electron chi connectivity index (χ3n) is 1.68. The summed E-state index contributed by atoms with van der Waals surface area (Å²) in [5.41, 5.74) is 1.21. The van der Waals surface area contributed by atoms with Crippen LogP contribution in [0.3, 0.4) is 0 Å². The zero-order valence-corrected chi connectivity index (χ0v) is 13.9. The standard InChI is InChI=1S/C9H9N2O2.C2H6.C2H3.Y/c1-7-4-3-5-8(6-10-2)9(7)11(12)13;2*1-2;/h3-6H,2H2,1H3;1-2H3;1H,2H2;/q-1;;-1;. The van der Waals surface area contributed by atoms with Crippen LogP contribution in [0.5, 0.6) is 0 Å². The molecule has 1 aromatic carbocycles. The van der Waals surface area contributed by atoms with E-state index in [0.29, 0.717) is 11.1 Å². The predicted octanol–water partition coefficient (Wildman–Crippen LogP) is 3.74. The Bertz CT molecular complexity index is 379. The largest absolute Gasteiger partial charge is 0.521 e. The van der Waals surface area contributed by atoms with E-state index in [9.17, 15) is 10.1 Å². The summed E-state index contributed by atoms with van der Waals surface area (Å²) in [7, 11) is 3.26. The van der Waals surface area contributed by atoms with Gasteiger partial charge in [-0.25, -0.2) is 0 Å². The minimum absolute atomic E-state index is 0. The topological polar surface area (TPSA) is 55.5 Å².